The average Bonchev–Trinajstić information content (AvgIpc) is 2.93. The number of pyridine rings is 2. The van der Waals surface area contributed by atoms with Gasteiger partial charge in [-0.15, -0.1) is 0 Å². The molecule has 0 unspecified atom stereocenters. The molecule has 1 N–H and O–H groups in total. The molecule has 7 nitrogen and oxygen atoms in total. The van der Waals surface area contributed by atoms with Crippen molar-refractivity contribution in [1.82, 2.24) is 14.9 Å². The number of hydrogen-bond acceptors (Lipinski definition) is 5. The Kier molecular flexibility index (Phi) is 7.02. The first-order valence-electron chi connectivity index (χ1n) is 11.9. The molecule has 0 spiro atoms. The Morgan fingerprint density at radius 1 is 1.11 bits per heavy atom. The lowest BCUT2D eigenvalue weighted by molar-refractivity contribution is 0.0818. The summed E-state index contributed by atoms with van der Waals surface area (Å²) in [6, 6.07) is 18.5. The maximum Gasteiger partial charge on any atom is 0.253 e. The fraction of sp³-hybridized carbons (Fsp3) is 0.250. The van der Waals surface area contributed by atoms with Crippen molar-refractivity contribution in [3.8, 4) is 5.69 Å². The first-order valence-corrected chi connectivity index (χ1v) is 12.3. The molecule has 0 bridgehead atoms. The molecule has 0 aliphatic carbocycles. The summed E-state index contributed by atoms with van der Waals surface area (Å²) >= 11 is 6.23. The van der Waals surface area contributed by atoms with Crippen LogP contribution in [-0.4, -0.2) is 41.8 Å². The number of nitrogens with one attached hydrogen (secondary N) is 1. The molecule has 0 saturated carbocycles. The Balaban J connectivity index is 1.34. The van der Waals surface area contributed by atoms with Crippen molar-refractivity contribution in [2.75, 3.05) is 25.1 Å². The van der Waals surface area contributed by atoms with Crippen molar-refractivity contribution in [2.24, 2.45) is 0 Å². The van der Waals surface area contributed by atoms with Gasteiger partial charge in [0.2, 0.25) is 0 Å². The Labute approximate surface area is 214 Å². The average molecular weight is 503 g/mol. The highest BCUT2D eigenvalue weighted by Gasteiger charge is 2.20. The van der Waals surface area contributed by atoms with E-state index in [1.54, 1.807) is 43.8 Å². The number of halogens is 1. The molecule has 1 saturated heterocycles. The number of rotatable bonds is 6. The molecule has 36 heavy (non-hydrogen) atoms. The van der Waals surface area contributed by atoms with E-state index in [0.29, 0.717) is 33.2 Å². The zero-order valence-electron chi connectivity index (χ0n) is 20.0. The maximum atomic E-state index is 13.2. The number of aromatic nitrogens is 2. The summed E-state index contributed by atoms with van der Waals surface area (Å²) < 4.78 is 7.35. The SMILES string of the molecule is COC1CCN(c2ccc(C(=O)NCc3cn(-c4ccccc4)c4cc(Cl)ccc4c3=O)cn2)CC1. The van der Waals surface area contributed by atoms with Crippen LogP contribution in [0.3, 0.4) is 0 Å². The largest absolute Gasteiger partial charge is 0.381 e. The third-order valence-electron chi connectivity index (χ3n) is 6.62. The molecular formula is C28H27ClN4O3. The minimum absolute atomic E-state index is 0.0926. The number of carbonyl (C=O) groups excluding carboxylic acids is 1. The number of methoxy groups -OCH3 is 1. The van der Waals surface area contributed by atoms with Crippen LogP contribution >= 0.6 is 11.6 Å². The first kappa shape index (κ1) is 24.0. The number of para-hydroxylation sites is 1. The van der Waals surface area contributed by atoms with Crippen LogP contribution in [0.5, 0.6) is 0 Å². The van der Waals surface area contributed by atoms with Gasteiger partial charge in [-0.2, -0.15) is 0 Å². The lowest BCUT2D eigenvalue weighted by Gasteiger charge is -2.32. The lowest BCUT2D eigenvalue weighted by Crippen LogP contribution is -2.37. The molecule has 8 heteroatoms. The second-order valence-electron chi connectivity index (χ2n) is 8.86. The maximum absolute atomic E-state index is 13.2. The molecule has 1 aliphatic rings. The van der Waals surface area contributed by atoms with Gasteiger partial charge in [0.1, 0.15) is 5.82 Å². The number of piperidine rings is 1. The van der Waals surface area contributed by atoms with E-state index >= 15 is 0 Å². The van der Waals surface area contributed by atoms with Crippen LogP contribution in [0.25, 0.3) is 16.6 Å². The number of ether oxygens (including phenoxy) is 1. The summed E-state index contributed by atoms with van der Waals surface area (Å²) in [6.45, 7) is 1.84. The zero-order chi connectivity index (χ0) is 25.1. The van der Waals surface area contributed by atoms with Gasteiger partial charge in [0.05, 0.1) is 17.2 Å². The van der Waals surface area contributed by atoms with Gasteiger partial charge in [-0.25, -0.2) is 4.98 Å². The Hall–Kier alpha value is -3.68. The number of hydrogen-bond donors (Lipinski definition) is 1. The number of anilines is 1. The third kappa shape index (κ3) is 4.98. The van der Waals surface area contributed by atoms with Crippen molar-refractivity contribution in [3.05, 3.63) is 99.4 Å². The van der Waals surface area contributed by atoms with E-state index in [9.17, 15) is 9.59 Å². The quantitative estimate of drug-likeness (QED) is 0.417. The highest BCUT2D eigenvalue weighted by molar-refractivity contribution is 6.31. The number of benzene rings is 2. The minimum Gasteiger partial charge on any atom is -0.381 e. The first-order chi connectivity index (χ1) is 17.5. The van der Waals surface area contributed by atoms with E-state index < -0.39 is 0 Å². The molecule has 1 amide bonds. The molecular weight excluding hydrogens is 476 g/mol. The molecule has 1 fully saturated rings. The van der Waals surface area contributed by atoms with Crippen LogP contribution in [0.1, 0.15) is 28.8 Å². The topological polar surface area (TPSA) is 76.5 Å². The number of nitrogens with zero attached hydrogens (tertiary/aromatic N) is 3. The van der Waals surface area contributed by atoms with Gasteiger partial charge in [0, 0.05) is 60.8 Å². The fourth-order valence-corrected chi connectivity index (χ4v) is 4.75. The van der Waals surface area contributed by atoms with Crippen LogP contribution in [0, 0.1) is 0 Å². The summed E-state index contributed by atoms with van der Waals surface area (Å²) in [5.41, 5.74) is 2.39. The molecule has 0 radical (unpaired) electrons. The zero-order valence-corrected chi connectivity index (χ0v) is 20.7. The van der Waals surface area contributed by atoms with Crippen LogP contribution in [0.2, 0.25) is 5.02 Å². The van der Waals surface area contributed by atoms with E-state index in [0.717, 1.165) is 37.4 Å². The number of carbonyl (C=O) groups is 1. The van der Waals surface area contributed by atoms with Gasteiger partial charge in [-0.3, -0.25) is 9.59 Å². The number of amides is 1. The van der Waals surface area contributed by atoms with Crippen molar-refractivity contribution in [3.63, 3.8) is 0 Å². The van der Waals surface area contributed by atoms with E-state index in [-0.39, 0.29) is 17.9 Å². The second kappa shape index (κ2) is 10.5. The highest BCUT2D eigenvalue weighted by Crippen LogP contribution is 2.22. The Bertz CT molecular complexity index is 1430. The lowest BCUT2D eigenvalue weighted by atomic mass is 10.1. The smallest absolute Gasteiger partial charge is 0.253 e. The molecule has 2 aromatic carbocycles. The van der Waals surface area contributed by atoms with Crippen LogP contribution < -0.4 is 15.6 Å². The summed E-state index contributed by atoms with van der Waals surface area (Å²) in [6.07, 6.45) is 5.56. The van der Waals surface area contributed by atoms with Crippen molar-refractivity contribution < 1.29 is 9.53 Å². The normalized spacial score (nSPS) is 14.2. The Morgan fingerprint density at radius 2 is 1.89 bits per heavy atom. The van der Waals surface area contributed by atoms with Gasteiger partial charge < -0.3 is 19.5 Å². The van der Waals surface area contributed by atoms with Gasteiger partial charge in [-0.1, -0.05) is 29.8 Å². The molecule has 3 heterocycles. The predicted molar refractivity (Wildman–Crippen MR) is 142 cm³/mol. The van der Waals surface area contributed by atoms with E-state index in [4.69, 9.17) is 16.3 Å². The monoisotopic (exact) mass is 502 g/mol. The standard InChI is InChI=1S/C28H27ClN4O3/c1-36-23-11-13-32(14-12-23)26-10-7-19(16-30-26)28(35)31-17-20-18-33(22-5-3-2-4-6-22)25-15-21(29)8-9-24(25)27(20)34/h2-10,15-16,18,23H,11-14,17H2,1H3,(H,31,35). The summed E-state index contributed by atoms with van der Waals surface area (Å²) in [5, 5.41) is 3.96. The van der Waals surface area contributed by atoms with Crippen LogP contribution in [0.15, 0.2) is 77.9 Å². The van der Waals surface area contributed by atoms with E-state index in [1.807, 2.05) is 41.0 Å². The summed E-state index contributed by atoms with van der Waals surface area (Å²) in [5.74, 6) is 0.564. The van der Waals surface area contributed by atoms with Crippen LogP contribution in [-0.2, 0) is 11.3 Å². The summed E-state index contributed by atoms with van der Waals surface area (Å²) in [7, 11) is 1.75. The summed E-state index contributed by atoms with van der Waals surface area (Å²) in [4.78, 5) is 32.8. The molecule has 184 valence electrons. The fourth-order valence-electron chi connectivity index (χ4n) is 4.59. The van der Waals surface area contributed by atoms with E-state index in [2.05, 4.69) is 15.2 Å². The van der Waals surface area contributed by atoms with Gasteiger partial charge >= 0.3 is 0 Å². The molecule has 1 aliphatic heterocycles. The second-order valence-corrected chi connectivity index (χ2v) is 9.30. The molecule has 5 rings (SSSR count). The van der Waals surface area contributed by atoms with Crippen molar-refractivity contribution in [2.45, 2.75) is 25.5 Å². The molecule has 2 aromatic heterocycles. The molecule has 4 aromatic rings. The van der Waals surface area contributed by atoms with Crippen molar-refractivity contribution >= 4 is 34.2 Å². The van der Waals surface area contributed by atoms with Crippen molar-refractivity contribution in [1.29, 1.82) is 0 Å². The van der Waals surface area contributed by atoms with E-state index in [1.165, 1.54) is 0 Å². The van der Waals surface area contributed by atoms with Gasteiger partial charge in [0.25, 0.3) is 5.91 Å². The minimum atomic E-state index is -0.283. The Morgan fingerprint density at radius 3 is 2.58 bits per heavy atom. The molecule has 0 atom stereocenters. The van der Waals surface area contributed by atoms with Crippen LogP contribution in [0.4, 0.5) is 5.82 Å². The highest BCUT2D eigenvalue weighted by atomic mass is 35.5. The van der Waals surface area contributed by atoms with Gasteiger partial charge in [0.15, 0.2) is 5.43 Å². The van der Waals surface area contributed by atoms with Gasteiger partial charge in [-0.05, 0) is 55.3 Å². The number of fused-ring (bicyclic) bond motifs is 1. The third-order valence-corrected chi connectivity index (χ3v) is 6.86. The predicted octanol–water partition coefficient (Wildman–Crippen LogP) is 4.58.